The number of hydrogen-bond donors (Lipinski definition) is 2. The standard InChI is InChI=1S/C16H22N2O3/c1-16(2,3)21-15(19)18-12(9-17)8-11-10-20-14-7-5-4-6-13(11)14/h4-7,10,12H,8-9,17H2,1-3H3,(H,18,19)/t12-/m0/s1. The van der Waals surface area contributed by atoms with Crippen LogP contribution >= 0.6 is 0 Å². The summed E-state index contributed by atoms with van der Waals surface area (Å²) in [5.74, 6) is 0. The number of nitrogens with one attached hydrogen (secondary N) is 1. The smallest absolute Gasteiger partial charge is 0.407 e. The number of fused-ring (bicyclic) bond motifs is 1. The van der Waals surface area contributed by atoms with Crippen molar-refractivity contribution in [2.75, 3.05) is 6.54 Å². The van der Waals surface area contributed by atoms with Gasteiger partial charge in [-0.15, -0.1) is 0 Å². The van der Waals surface area contributed by atoms with Gasteiger partial charge in [0.2, 0.25) is 0 Å². The average Bonchev–Trinajstić information content (AvgIpc) is 2.79. The second-order valence-electron chi connectivity index (χ2n) is 6.04. The van der Waals surface area contributed by atoms with Crippen LogP contribution in [0.5, 0.6) is 0 Å². The summed E-state index contributed by atoms with van der Waals surface area (Å²) in [4.78, 5) is 11.8. The third kappa shape index (κ3) is 4.23. The van der Waals surface area contributed by atoms with Crippen LogP contribution in [-0.4, -0.2) is 24.3 Å². The highest BCUT2D eigenvalue weighted by Crippen LogP contribution is 2.21. The summed E-state index contributed by atoms with van der Waals surface area (Å²) < 4.78 is 10.7. The van der Waals surface area contributed by atoms with E-state index in [0.717, 1.165) is 16.5 Å². The van der Waals surface area contributed by atoms with Crippen LogP contribution in [-0.2, 0) is 11.2 Å². The molecule has 0 bridgehead atoms. The van der Waals surface area contributed by atoms with Gasteiger partial charge in [0.15, 0.2) is 0 Å². The Balaban J connectivity index is 2.04. The summed E-state index contributed by atoms with van der Waals surface area (Å²) in [7, 11) is 0. The van der Waals surface area contributed by atoms with E-state index in [1.807, 2.05) is 45.0 Å². The SMILES string of the molecule is CC(C)(C)OC(=O)N[C@H](CN)Cc1coc2ccccc12. The lowest BCUT2D eigenvalue weighted by Gasteiger charge is -2.22. The van der Waals surface area contributed by atoms with Crippen LogP contribution in [0.25, 0.3) is 11.0 Å². The number of para-hydroxylation sites is 1. The van der Waals surface area contributed by atoms with E-state index >= 15 is 0 Å². The second-order valence-corrected chi connectivity index (χ2v) is 6.04. The Morgan fingerprint density at radius 3 is 2.76 bits per heavy atom. The van der Waals surface area contributed by atoms with Gasteiger partial charge in [0.1, 0.15) is 11.2 Å². The van der Waals surface area contributed by atoms with Gasteiger partial charge in [0, 0.05) is 23.5 Å². The van der Waals surface area contributed by atoms with Crippen molar-refractivity contribution in [3.05, 3.63) is 36.1 Å². The molecule has 5 nitrogen and oxygen atoms in total. The third-order valence-electron chi connectivity index (χ3n) is 3.03. The third-order valence-corrected chi connectivity index (χ3v) is 3.03. The highest BCUT2D eigenvalue weighted by molar-refractivity contribution is 5.81. The number of furan rings is 1. The number of nitrogens with two attached hydrogens (primary N) is 1. The number of ether oxygens (including phenoxy) is 1. The van der Waals surface area contributed by atoms with E-state index in [1.165, 1.54) is 0 Å². The van der Waals surface area contributed by atoms with E-state index in [4.69, 9.17) is 14.9 Å². The molecule has 0 radical (unpaired) electrons. The van der Waals surface area contributed by atoms with Crippen molar-refractivity contribution in [2.45, 2.75) is 38.8 Å². The van der Waals surface area contributed by atoms with Gasteiger partial charge in [-0.3, -0.25) is 0 Å². The predicted octanol–water partition coefficient (Wildman–Crippen LogP) is 2.83. The van der Waals surface area contributed by atoms with E-state index in [-0.39, 0.29) is 6.04 Å². The number of benzene rings is 1. The number of carbonyl (C=O) groups excluding carboxylic acids is 1. The Morgan fingerprint density at radius 1 is 1.38 bits per heavy atom. The quantitative estimate of drug-likeness (QED) is 0.907. The van der Waals surface area contributed by atoms with Crippen LogP contribution in [0.4, 0.5) is 4.79 Å². The molecule has 0 unspecified atom stereocenters. The van der Waals surface area contributed by atoms with Crippen molar-refractivity contribution >= 4 is 17.1 Å². The summed E-state index contributed by atoms with van der Waals surface area (Å²) in [5, 5.41) is 3.84. The van der Waals surface area contributed by atoms with Crippen molar-refractivity contribution in [1.29, 1.82) is 0 Å². The molecule has 0 aliphatic carbocycles. The molecule has 1 aromatic heterocycles. The lowest BCUT2D eigenvalue weighted by molar-refractivity contribution is 0.0506. The molecular formula is C16H22N2O3. The molecule has 3 N–H and O–H groups in total. The fourth-order valence-corrected chi connectivity index (χ4v) is 2.12. The van der Waals surface area contributed by atoms with Crippen molar-refractivity contribution in [2.24, 2.45) is 5.73 Å². The molecule has 0 aliphatic heterocycles. The monoisotopic (exact) mass is 290 g/mol. The van der Waals surface area contributed by atoms with E-state index in [9.17, 15) is 4.79 Å². The molecule has 0 saturated heterocycles. The number of hydrogen-bond acceptors (Lipinski definition) is 4. The number of rotatable bonds is 4. The van der Waals surface area contributed by atoms with Gasteiger partial charge in [0.05, 0.1) is 6.26 Å². The molecule has 1 atom stereocenters. The minimum absolute atomic E-state index is 0.194. The Bertz CT molecular complexity index is 613. The number of alkyl carbamates (subject to hydrolysis) is 1. The fraction of sp³-hybridized carbons (Fsp3) is 0.438. The maximum Gasteiger partial charge on any atom is 0.407 e. The highest BCUT2D eigenvalue weighted by atomic mass is 16.6. The molecule has 114 valence electrons. The summed E-state index contributed by atoms with van der Waals surface area (Å²) in [6, 6.07) is 7.60. The Labute approximate surface area is 124 Å². The summed E-state index contributed by atoms with van der Waals surface area (Å²) >= 11 is 0. The van der Waals surface area contributed by atoms with Crippen LogP contribution in [0.15, 0.2) is 34.9 Å². The molecule has 0 saturated carbocycles. The summed E-state index contributed by atoms with van der Waals surface area (Å²) in [6.07, 6.45) is 1.86. The molecule has 5 heteroatoms. The average molecular weight is 290 g/mol. The van der Waals surface area contributed by atoms with Crippen LogP contribution < -0.4 is 11.1 Å². The van der Waals surface area contributed by atoms with Gasteiger partial charge in [-0.25, -0.2) is 4.79 Å². The van der Waals surface area contributed by atoms with E-state index in [1.54, 1.807) is 6.26 Å². The fourth-order valence-electron chi connectivity index (χ4n) is 2.12. The molecule has 1 aromatic carbocycles. The minimum Gasteiger partial charge on any atom is -0.464 e. The Morgan fingerprint density at radius 2 is 2.10 bits per heavy atom. The second kappa shape index (κ2) is 6.18. The molecule has 0 aliphatic rings. The normalized spacial score (nSPS) is 13.1. The van der Waals surface area contributed by atoms with Gasteiger partial charge in [0.25, 0.3) is 0 Å². The lowest BCUT2D eigenvalue weighted by Crippen LogP contribution is -2.44. The molecular weight excluding hydrogens is 268 g/mol. The van der Waals surface area contributed by atoms with Gasteiger partial charge in [-0.05, 0) is 33.3 Å². The van der Waals surface area contributed by atoms with E-state index in [2.05, 4.69) is 5.32 Å². The van der Waals surface area contributed by atoms with Gasteiger partial charge >= 0.3 is 6.09 Å². The summed E-state index contributed by atoms with van der Waals surface area (Å²) in [6.45, 7) is 5.81. The van der Waals surface area contributed by atoms with Crippen LogP contribution in [0.3, 0.4) is 0 Å². The minimum atomic E-state index is -0.522. The first-order valence-electron chi connectivity index (χ1n) is 7.04. The van der Waals surface area contributed by atoms with E-state index in [0.29, 0.717) is 13.0 Å². The number of carbonyl (C=O) groups is 1. The molecule has 0 fully saturated rings. The van der Waals surface area contributed by atoms with Crippen molar-refractivity contribution in [1.82, 2.24) is 5.32 Å². The molecule has 2 rings (SSSR count). The van der Waals surface area contributed by atoms with Crippen LogP contribution in [0.2, 0.25) is 0 Å². The first-order valence-corrected chi connectivity index (χ1v) is 7.04. The number of amides is 1. The Hall–Kier alpha value is -2.01. The zero-order chi connectivity index (χ0) is 15.5. The van der Waals surface area contributed by atoms with Crippen LogP contribution in [0, 0.1) is 0 Å². The Kier molecular flexibility index (Phi) is 4.53. The largest absolute Gasteiger partial charge is 0.464 e. The van der Waals surface area contributed by atoms with Gasteiger partial charge < -0.3 is 20.2 Å². The molecule has 2 aromatic rings. The zero-order valence-corrected chi connectivity index (χ0v) is 12.7. The maximum atomic E-state index is 11.8. The van der Waals surface area contributed by atoms with Crippen molar-refractivity contribution in [3.8, 4) is 0 Å². The first kappa shape index (κ1) is 15.4. The molecule has 0 spiro atoms. The maximum absolute atomic E-state index is 11.8. The van der Waals surface area contributed by atoms with Crippen LogP contribution in [0.1, 0.15) is 26.3 Å². The lowest BCUT2D eigenvalue weighted by atomic mass is 10.1. The van der Waals surface area contributed by atoms with Gasteiger partial charge in [-0.2, -0.15) is 0 Å². The first-order chi connectivity index (χ1) is 9.89. The van der Waals surface area contributed by atoms with Crippen molar-refractivity contribution in [3.63, 3.8) is 0 Å². The predicted molar refractivity (Wildman–Crippen MR) is 82.1 cm³/mol. The topological polar surface area (TPSA) is 77.5 Å². The highest BCUT2D eigenvalue weighted by Gasteiger charge is 2.20. The summed E-state index contributed by atoms with van der Waals surface area (Å²) in [5.41, 5.74) is 7.08. The molecule has 21 heavy (non-hydrogen) atoms. The van der Waals surface area contributed by atoms with E-state index < -0.39 is 11.7 Å². The van der Waals surface area contributed by atoms with Gasteiger partial charge in [-0.1, -0.05) is 18.2 Å². The molecule has 1 amide bonds. The molecule has 1 heterocycles. The zero-order valence-electron chi connectivity index (χ0n) is 12.7. The van der Waals surface area contributed by atoms with Crippen molar-refractivity contribution < 1.29 is 13.9 Å².